The summed E-state index contributed by atoms with van der Waals surface area (Å²) in [6.45, 7) is 2.41. The molecule has 12 heteroatoms. The molecule has 0 saturated carbocycles. The predicted molar refractivity (Wildman–Crippen MR) is 250 cm³/mol. The van der Waals surface area contributed by atoms with Gasteiger partial charge in [-0.15, -0.1) is 0 Å². The van der Waals surface area contributed by atoms with Gasteiger partial charge in [0.05, 0.1) is 13.2 Å². The van der Waals surface area contributed by atoms with Crippen LogP contribution in [0.3, 0.4) is 0 Å². The Morgan fingerprint density at radius 2 is 0.754 bits per heavy atom. The van der Waals surface area contributed by atoms with Gasteiger partial charge in [-0.3, -0.25) is 23.4 Å². The van der Waals surface area contributed by atoms with Gasteiger partial charge < -0.3 is 25.2 Å². The Balaban J connectivity index is 3.53. The van der Waals surface area contributed by atoms with E-state index >= 15 is 0 Å². The van der Waals surface area contributed by atoms with E-state index in [1.54, 1.807) is 6.92 Å². The fraction of sp³-hybridized carbons (Fsp3) is 0.939. The molecule has 61 heavy (non-hydrogen) atoms. The van der Waals surface area contributed by atoms with Gasteiger partial charge in [0.2, 0.25) is 0 Å². The molecule has 0 aromatic carbocycles. The molecule has 0 spiro atoms. The van der Waals surface area contributed by atoms with Gasteiger partial charge in [-0.05, 0) is 12.8 Å². The van der Waals surface area contributed by atoms with Crippen LogP contribution in [0, 0.1) is 0 Å². The van der Waals surface area contributed by atoms with Gasteiger partial charge in [-0.25, -0.2) is 4.57 Å². The van der Waals surface area contributed by atoms with Crippen LogP contribution in [0.5, 0.6) is 0 Å². The normalized spacial score (nSPS) is 13.5. The molecule has 0 bridgehead atoms. The van der Waals surface area contributed by atoms with Crippen LogP contribution in [0.4, 0.5) is 0 Å². The highest BCUT2D eigenvalue weighted by molar-refractivity contribution is 7.47. The number of carboxylic acids is 1. The minimum atomic E-state index is -4.68. The third-order valence-electron chi connectivity index (χ3n) is 11.6. The van der Waals surface area contributed by atoms with Crippen molar-refractivity contribution >= 4 is 25.7 Å². The zero-order valence-electron chi connectivity index (χ0n) is 39.5. The predicted octanol–water partition coefficient (Wildman–Crippen LogP) is 14.2. The van der Waals surface area contributed by atoms with Crippen LogP contribution in [-0.2, 0) is 37.5 Å². The number of hydrogen-bond donors (Lipinski definition) is 3. The van der Waals surface area contributed by atoms with E-state index in [0.717, 1.165) is 19.3 Å². The summed E-state index contributed by atoms with van der Waals surface area (Å²) in [5, 5.41) is 8.79. The molecule has 0 heterocycles. The number of phosphoric ester groups is 1. The molecule has 362 valence electrons. The van der Waals surface area contributed by atoms with E-state index in [4.69, 9.17) is 24.8 Å². The van der Waals surface area contributed by atoms with E-state index in [-0.39, 0.29) is 19.4 Å². The molecular formula is C49H96NO10P. The summed E-state index contributed by atoms with van der Waals surface area (Å²) in [7, 11) is -4.68. The number of carbonyl (C=O) groups is 3. The molecule has 0 aromatic heterocycles. The smallest absolute Gasteiger partial charge is 0.472 e. The van der Waals surface area contributed by atoms with Crippen molar-refractivity contribution in [3.05, 3.63) is 0 Å². The lowest BCUT2D eigenvalue weighted by Crippen LogP contribution is -2.34. The number of nitrogens with two attached hydrogens (primary N) is 1. The quantitative estimate of drug-likeness (QED) is 0.0301. The molecular weight excluding hydrogens is 794 g/mol. The van der Waals surface area contributed by atoms with Gasteiger partial charge in [-0.2, -0.15) is 0 Å². The molecule has 0 radical (unpaired) electrons. The molecule has 0 aliphatic carbocycles. The minimum absolute atomic E-state index is 0.116. The Bertz CT molecular complexity index is 1050. The first kappa shape index (κ1) is 59.5. The second kappa shape index (κ2) is 45.1. The molecule has 0 aliphatic rings. The molecule has 3 atom stereocenters. The molecule has 0 fully saturated rings. The number of rotatable bonds is 49. The first-order valence-corrected chi connectivity index (χ1v) is 27.1. The van der Waals surface area contributed by atoms with Crippen molar-refractivity contribution in [2.45, 2.75) is 276 Å². The number of carboxylic acid groups (broad SMARTS) is 1. The van der Waals surface area contributed by atoms with Crippen LogP contribution in [0.15, 0.2) is 0 Å². The summed E-state index contributed by atoms with van der Waals surface area (Å²) in [6, 6.07) is -1.51. The largest absolute Gasteiger partial charge is 0.480 e. The Hall–Kier alpha value is -1.52. The fourth-order valence-electron chi connectivity index (χ4n) is 7.64. The Kier molecular flexibility index (Phi) is 43.9. The van der Waals surface area contributed by atoms with Gasteiger partial charge in [0.25, 0.3) is 0 Å². The number of esters is 2. The van der Waals surface area contributed by atoms with Crippen LogP contribution in [0.1, 0.15) is 264 Å². The van der Waals surface area contributed by atoms with Crippen LogP contribution >= 0.6 is 7.82 Å². The maximum Gasteiger partial charge on any atom is 0.472 e. The Morgan fingerprint density at radius 3 is 1.07 bits per heavy atom. The molecule has 0 saturated heterocycles. The first-order valence-electron chi connectivity index (χ1n) is 25.6. The number of hydrogen-bond acceptors (Lipinski definition) is 9. The maximum absolute atomic E-state index is 12.3. The molecule has 1 unspecified atom stereocenters. The SMILES string of the molecule is CCCCCCCCCCCCCCCCCCCCCCCCCCCCCCCCCCCCCCC(=O)OC[C@H](COP(=O)(O)OC[C@H](N)C(=O)O)OC(=O)CCC. The van der Waals surface area contributed by atoms with Crippen molar-refractivity contribution in [2.24, 2.45) is 5.73 Å². The lowest BCUT2D eigenvalue weighted by molar-refractivity contribution is -0.161. The highest BCUT2D eigenvalue weighted by Crippen LogP contribution is 2.43. The van der Waals surface area contributed by atoms with Crippen molar-refractivity contribution in [1.29, 1.82) is 0 Å². The summed E-state index contributed by atoms with van der Waals surface area (Å²) < 4.78 is 32.0. The monoisotopic (exact) mass is 890 g/mol. The van der Waals surface area contributed by atoms with Crippen molar-refractivity contribution in [3.8, 4) is 0 Å². The van der Waals surface area contributed by atoms with E-state index in [1.807, 2.05) is 0 Å². The van der Waals surface area contributed by atoms with E-state index in [9.17, 15) is 23.8 Å². The highest BCUT2D eigenvalue weighted by atomic mass is 31.2. The molecule has 0 amide bonds. The second-order valence-electron chi connectivity index (χ2n) is 17.7. The average Bonchev–Trinajstić information content (AvgIpc) is 3.23. The number of aliphatic carboxylic acids is 1. The van der Waals surface area contributed by atoms with Crippen LogP contribution in [0.25, 0.3) is 0 Å². The molecule has 11 nitrogen and oxygen atoms in total. The van der Waals surface area contributed by atoms with Crippen LogP contribution in [-0.4, -0.2) is 59.9 Å². The summed E-state index contributed by atoms with van der Waals surface area (Å²) in [5.41, 5.74) is 5.27. The standard InChI is InChI=1S/C49H96NO10P/c1-3-5-6-7-8-9-10-11-12-13-14-15-16-17-18-19-20-21-22-23-24-25-26-27-28-29-30-31-32-33-34-35-36-37-38-39-41-47(51)57-42-45(60-48(52)40-4-2)43-58-61(55,56)59-44-46(50)49(53)54/h45-46H,3-44,50H2,1-2H3,(H,53,54)(H,55,56)/t45-,46+/m1/s1. The number of unbranched alkanes of at least 4 members (excludes halogenated alkanes) is 35. The van der Waals surface area contributed by atoms with E-state index in [1.165, 1.54) is 205 Å². The van der Waals surface area contributed by atoms with Crippen LogP contribution < -0.4 is 5.73 Å². The van der Waals surface area contributed by atoms with Gasteiger partial charge in [-0.1, -0.05) is 239 Å². The third kappa shape index (κ3) is 44.9. The topological polar surface area (TPSA) is 172 Å². The van der Waals surface area contributed by atoms with Gasteiger partial charge >= 0.3 is 25.7 Å². The number of phosphoric acid groups is 1. The number of carbonyl (C=O) groups excluding carboxylic acids is 2. The van der Waals surface area contributed by atoms with Crippen molar-refractivity contribution in [2.75, 3.05) is 19.8 Å². The van der Waals surface area contributed by atoms with E-state index in [0.29, 0.717) is 12.8 Å². The lowest BCUT2D eigenvalue weighted by atomic mass is 10.0. The Labute approximate surface area is 374 Å². The fourth-order valence-corrected chi connectivity index (χ4v) is 8.41. The summed E-state index contributed by atoms with van der Waals surface area (Å²) in [4.78, 5) is 44.9. The molecule has 0 aliphatic heterocycles. The van der Waals surface area contributed by atoms with E-state index in [2.05, 4.69) is 11.4 Å². The van der Waals surface area contributed by atoms with Crippen molar-refractivity contribution in [1.82, 2.24) is 0 Å². The second-order valence-corrected chi connectivity index (χ2v) is 19.1. The molecule has 4 N–H and O–H groups in total. The lowest BCUT2D eigenvalue weighted by Gasteiger charge is -2.20. The summed E-state index contributed by atoms with van der Waals surface area (Å²) in [6.07, 6.45) is 48.8. The summed E-state index contributed by atoms with van der Waals surface area (Å²) >= 11 is 0. The minimum Gasteiger partial charge on any atom is -0.480 e. The summed E-state index contributed by atoms with van der Waals surface area (Å²) in [5.74, 6) is -2.43. The zero-order valence-corrected chi connectivity index (χ0v) is 40.4. The zero-order chi connectivity index (χ0) is 44.9. The average molecular weight is 890 g/mol. The Morgan fingerprint density at radius 1 is 0.443 bits per heavy atom. The molecule has 0 rings (SSSR count). The van der Waals surface area contributed by atoms with Gasteiger partial charge in [0.15, 0.2) is 6.10 Å². The first-order chi connectivity index (χ1) is 29.6. The van der Waals surface area contributed by atoms with Crippen molar-refractivity contribution in [3.63, 3.8) is 0 Å². The molecule has 0 aromatic rings. The third-order valence-corrected chi connectivity index (χ3v) is 12.5. The number of ether oxygens (including phenoxy) is 2. The van der Waals surface area contributed by atoms with Gasteiger partial charge in [0, 0.05) is 12.8 Å². The highest BCUT2D eigenvalue weighted by Gasteiger charge is 2.28. The van der Waals surface area contributed by atoms with Crippen LogP contribution in [0.2, 0.25) is 0 Å². The van der Waals surface area contributed by atoms with Crippen molar-refractivity contribution < 1.29 is 47.5 Å². The van der Waals surface area contributed by atoms with Gasteiger partial charge in [0.1, 0.15) is 12.6 Å². The maximum atomic E-state index is 12.3. The van der Waals surface area contributed by atoms with E-state index < -0.39 is 51.1 Å².